The van der Waals surface area contributed by atoms with Crippen molar-refractivity contribution >= 4 is 5.91 Å². The predicted molar refractivity (Wildman–Crippen MR) is 137 cm³/mol. The van der Waals surface area contributed by atoms with Gasteiger partial charge in [-0.25, -0.2) is 0 Å². The summed E-state index contributed by atoms with van der Waals surface area (Å²) in [6.07, 6.45) is 1.68. The first kappa shape index (κ1) is 24.6. The van der Waals surface area contributed by atoms with Crippen molar-refractivity contribution in [1.82, 2.24) is 10.2 Å². The molecule has 1 amide bonds. The van der Waals surface area contributed by atoms with Crippen molar-refractivity contribution in [2.75, 3.05) is 27.9 Å². The van der Waals surface area contributed by atoms with Crippen LogP contribution in [0.5, 0.6) is 17.2 Å². The van der Waals surface area contributed by atoms with E-state index in [1.54, 1.807) is 27.4 Å². The third-order valence-electron chi connectivity index (χ3n) is 6.72. The first-order valence-electron chi connectivity index (χ1n) is 12.1. The molecule has 1 heterocycles. The molecule has 2 atom stereocenters. The number of nitrogens with one attached hydrogen (secondary N) is 1. The topological polar surface area (TPSA) is 60.0 Å². The summed E-state index contributed by atoms with van der Waals surface area (Å²) in [5.41, 5.74) is 4.23. The molecular formula is C29H34N2O4. The highest BCUT2D eigenvalue weighted by atomic mass is 16.5. The summed E-state index contributed by atoms with van der Waals surface area (Å²) in [5.74, 6) is 1.99. The van der Waals surface area contributed by atoms with E-state index in [0.29, 0.717) is 17.1 Å². The van der Waals surface area contributed by atoms with Crippen molar-refractivity contribution in [3.63, 3.8) is 0 Å². The van der Waals surface area contributed by atoms with E-state index in [0.717, 1.165) is 31.7 Å². The molecule has 184 valence electrons. The van der Waals surface area contributed by atoms with Crippen molar-refractivity contribution in [2.45, 2.75) is 38.4 Å². The van der Waals surface area contributed by atoms with Crippen LogP contribution in [0, 0.1) is 0 Å². The summed E-state index contributed by atoms with van der Waals surface area (Å²) in [5, 5.41) is 3.32. The zero-order chi connectivity index (χ0) is 24.8. The van der Waals surface area contributed by atoms with E-state index in [1.165, 1.54) is 16.7 Å². The van der Waals surface area contributed by atoms with Crippen LogP contribution < -0.4 is 19.5 Å². The monoisotopic (exact) mass is 474 g/mol. The molecule has 0 saturated carbocycles. The number of ether oxygens (including phenoxy) is 3. The molecule has 0 aromatic heterocycles. The van der Waals surface area contributed by atoms with Gasteiger partial charge in [0.2, 0.25) is 0 Å². The maximum Gasteiger partial charge on any atom is 0.251 e. The summed E-state index contributed by atoms with van der Waals surface area (Å²) >= 11 is 0. The second-order valence-electron chi connectivity index (χ2n) is 8.78. The zero-order valence-corrected chi connectivity index (χ0v) is 20.9. The number of amides is 1. The Morgan fingerprint density at radius 1 is 0.971 bits per heavy atom. The van der Waals surface area contributed by atoms with Crippen LogP contribution in [-0.4, -0.2) is 44.7 Å². The van der Waals surface area contributed by atoms with Gasteiger partial charge in [-0.3, -0.25) is 9.69 Å². The largest absolute Gasteiger partial charge is 0.497 e. The number of hydrogen-bond acceptors (Lipinski definition) is 5. The SMILES string of the molecule is CC[C@@H](NC(=O)c1cccc(OC)c1)[C@@H]1c2cc(OC)c(OC)cc2CCN1Cc1ccccc1. The molecule has 0 fully saturated rings. The Morgan fingerprint density at radius 3 is 2.40 bits per heavy atom. The molecule has 1 aliphatic rings. The van der Waals surface area contributed by atoms with Gasteiger partial charge in [0.05, 0.1) is 27.4 Å². The zero-order valence-electron chi connectivity index (χ0n) is 20.9. The lowest BCUT2D eigenvalue weighted by Crippen LogP contribution is -2.48. The minimum atomic E-state index is -0.108. The standard InChI is InChI=1S/C29H34N2O4/c1-5-25(30-29(32)22-12-9-13-23(16-22)33-2)28-24-18-27(35-4)26(34-3)17-21(24)14-15-31(28)19-20-10-7-6-8-11-20/h6-13,16-18,25,28H,5,14-15,19H2,1-4H3,(H,30,32)/t25-,28+/m1/s1. The third kappa shape index (κ3) is 5.43. The maximum absolute atomic E-state index is 13.3. The highest BCUT2D eigenvalue weighted by Crippen LogP contribution is 2.40. The highest BCUT2D eigenvalue weighted by molar-refractivity contribution is 5.94. The van der Waals surface area contributed by atoms with Gasteiger partial charge in [0, 0.05) is 24.7 Å². The van der Waals surface area contributed by atoms with Crippen molar-refractivity contribution in [2.24, 2.45) is 0 Å². The van der Waals surface area contributed by atoms with Gasteiger partial charge < -0.3 is 19.5 Å². The molecule has 3 aromatic carbocycles. The average Bonchev–Trinajstić information content (AvgIpc) is 2.91. The number of rotatable bonds is 9. The molecule has 1 aliphatic heterocycles. The molecule has 0 spiro atoms. The van der Waals surface area contributed by atoms with E-state index in [1.807, 2.05) is 24.3 Å². The number of benzene rings is 3. The molecule has 35 heavy (non-hydrogen) atoms. The Labute approximate surface area is 207 Å². The average molecular weight is 475 g/mol. The van der Waals surface area contributed by atoms with E-state index in [4.69, 9.17) is 14.2 Å². The van der Waals surface area contributed by atoms with Crippen LogP contribution in [0.2, 0.25) is 0 Å². The van der Waals surface area contributed by atoms with Gasteiger partial charge in [-0.2, -0.15) is 0 Å². The second kappa shape index (κ2) is 11.3. The lowest BCUT2D eigenvalue weighted by molar-refractivity contribution is 0.0858. The number of fused-ring (bicyclic) bond motifs is 1. The Balaban J connectivity index is 1.71. The van der Waals surface area contributed by atoms with E-state index < -0.39 is 0 Å². The minimum Gasteiger partial charge on any atom is -0.497 e. The first-order valence-corrected chi connectivity index (χ1v) is 12.1. The lowest BCUT2D eigenvalue weighted by atomic mass is 9.86. The molecule has 0 aliphatic carbocycles. The smallest absolute Gasteiger partial charge is 0.251 e. The summed E-state index contributed by atoms with van der Waals surface area (Å²) in [6, 6.07) is 21.8. The molecule has 1 N–H and O–H groups in total. The molecule has 6 nitrogen and oxygen atoms in total. The van der Waals surface area contributed by atoms with Gasteiger partial charge in [0.15, 0.2) is 11.5 Å². The second-order valence-corrected chi connectivity index (χ2v) is 8.78. The molecule has 0 radical (unpaired) electrons. The summed E-state index contributed by atoms with van der Waals surface area (Å²) in [6.45, 7) is 3.80. The van der Waals surface area contributed by atoms with Gasteiger partial charge in [0.25, 0.3) is 5.91 Å². The van der Waals surface area contributed by atoms with Crippen molar-refractivity contribution in [1.29, 1.82) is 0 Å². The van der Waals surface area contributed by atoms with Gasteiger partial charge in [-0.15, -0.1) is 0 Å². The fourth-order valence-corrected chi connectivity index (χ4v) is 4.92. The fraction of sp³-hybridized carbons (Fsp3) is 0.345. The van der Waals surface area contributed by atoms with Gasteiger partial charge in [-0.1, -0.05) is 43.3 Å². The molecule has 6 heteroatoms. The highest BCUT2D eigenvalue weighted by Gasteiger charge is 2.35. The van der Waals surface area contributed by atoms with Crippen LogP contribution in [0.3, 0.4) is 0 Å². The van der Waals surface area contributed by atoms with E-state index in [-0.39, 0.29) is 18.0 Å². The lowest BCUT2D eigenvalue weighted by Gasteiger charge is -2.42. The molecule has 0 saturated heterocycles. The van der Waals surface area contributed by atoms with Gasteiger partial charge >= 0.3 is 0 Å². The Kier molecular flexibility index (Phi) is 7.93. The number of hydrogen-bond donors (Lipinski definition) is 1. The summed E-state index contributed by atoms with van der Waals surface area (Å²) in [7, 11) is 4.93. The molecule has 0 bridgehead atoms. The number of carbonyl (C=O) groups is 1. The van der Waals surface area contributed by atoms with Crippen molar-refractivity contribution in [3.8, 4) is 17.2 Å². The van der Waals surface area contributed by atoms with Crippen LogP contribution in [0.4, 0.5) is 0 Å². The van der Waals surface area contributed by atoms with Gasteiger partial charge in [0.1, 0.15) is 5.75 Å². The summed E-state index contributed by atoms with van der Waals surface area (Å²) < 4.78 is 16.5. The van der Waals surface area contributed by atoms with E-state index in [9.17, 15) is 4.79 Å². The Bertz CT molecular complexity index is 1150. The molecule has 4 rings (SSSR count). The van der Waals surface area contributed by atoms with Crippen LogP contribution in [-0.2, 0) is 13.0 Å². The van der Waals surface area contributed by atoms with E-state index >= 15 is 0 Å². The van der Waals surface area contributed by atoms with Crippen molar-refractivity contribution < 1.29 is 19.0 Å². The van der Waals surface area contributed by atoms with E-state index in [2.05, 4.69) is 53.5 Å². The third-order valence-corrected chi connectivity index (χ3v) is 6.72. The summed E-state index contributed by atoms with van der Waals surface area (Å²) in [4.78, 5) is 15.8. The molecule has 0 unspecified atom stereocenters. The number of carbonyl (C=O) groups excluding carboxylic acids is 1. The maximum atomic E-state index is 13.3. The normalized spacial score (nSPS) is 16.2. The van der Waals surface area contributed by atoms with Crippen LogP contribution in [0.25, 0.3) is 0 Å². The predicted octanol–water partition coefficient (Wildman–Crippen LogP) is 5.02. The Hall–Kier alpha value is -3.51. The molecule has 3 aromatic rings. The van der Waals surface area contributed by atoms with Gasteiger partial charge in [-0.05, 0) is 59.9 Å². The first-order chi connectivity index (χ1) is 17.1. The number of methoxy groups -OCH3 is 3. The quantitative estimate of drug-likeness (QED) is 0.472. The Morgan fingerprint density at radius 2 is 1.71 bits per heavy atom. The molecular weight excluding hydrogens is 440 g/mol. The fourth-order valence-electron chi connectivity index (χ4n) is 4.92. The van der Waals surface area contributed by atoms with Crippen LogP contribution >= 0.6 is 0 Å². The number of nitrogens with zero attached hydrogens (tertiary/aromatic N) is 1. The van der Waals surface area contributed by atoms with Crippen molar-refractivity contribution in [3.05, 3.63) is 89.0 Å². The minimum absolute atomic E-state index is 0.0154. The van der Waals surface area contributed by atoms with Crippen LogP contribution in [0.15, 0.2) is 66.7 Å². The van der Waals surface area contributed by atoms with Crippen LogP contribution in [0.1, 0.15) is 46.4 Å².